The van der Waals surface area contributed by atoms with Gasteiger partial charge in [-0.1, -0.05) is 18.2 Å². The molecular weight excluding hydrogens is 292 g/mol. The SMILES string of the molecule is CCOc1ccc(C=NNC(=O)C(C)Oc2ccccc2)cc1. The second kappa shape index (κ2) is 8.58. The molecule has 1 N–H and O–H groups in total. The molecule has 5 nitrogen and oxygen atoms in total. The van der Waals surface area contributed by atoms with E-state index in [0.717, 1.165) is 11.3 Å². The van der Waals surface area contributed by atoms with Crippen LogP contribution in [0.3, 0.4) is 0 Å². The van der Waals surface area contributed by atoms with Crippen molar-refractivity contribution in [2.45, 2.75) is 20.0 Å². The van der Waals surface area contributed by atoms with Crippen LogP contribution in [0.5, 0.6) is 11.5 Å². The van der Waals surface area contributed by atoms with Crippen LogP contribution in [0.15, 0.2) is 59.7 Å². The molecule has 0 saturated carbocycles. The lowest BCUT2D eigenvalue weighted by Crippen LogP contribution is -2.33. The highest BCUT2D eigenvalue weighted by atomic mass is 16.5. The number of benzene rings is 2. The van der Waals surface area contributed by atoms with Gasteiger partial charge in [-0.25, -0.2) is 5.43 Å². The van der Waals surface area contributed by atoms with Gasteiger partial charge in [0.15, 0.2) is 6.10 Å². The van der Waals surface area contributed by atoms with Crippen molar-refractivity contribution in [2.75, 3.05) is 6.61 Å². The quantitative estimate of drug-likeness (QED) is 0.631. The van der Waals surface area contributed by atoms with Crippen molar-refractivity contribution in [3.05, 3.63) is 60.2 Å². The Kier molecular flexibility index (Phi) is 6.17. The molecule has 0 spiro atoms. The molecular formula is C18H20N2O3. The zero-order valence-electron chi connectivity index (χ0n) is 13.2. The van der Waals surface area contributed by atoms with Gasteiger partial charge in [-0.05, 0) is 55.8 Å². The van der Waals surface area contributed by atoms with E-state index in [1.807, 2.05) is 49.4 Å². The van der Waals surface area contributed by atoms with Crippen molar-refractivity contribution >= 4 is 12.1 Å². The summed E-state index contributed by atoms with van der Waals surface area (Å²) < 4.78 is 10.9. The number of carbonyl (C=O) groups is 1. The van der Waals surface area contributed by atoms with Gasteiger partial charge in [-0.15, -0.1) is 0 Å². The highest BCUT2D eigenvalue weighted by Crippen LogP contribution is 2.11. The fourth-order valence-electron chi connectivity index (χ4n) is 1.83. The van der Waals surface area contributed by atoms with Gasteiger partial charge in [-0.3, -0.25) is 4.79 Å². The maximum atomic E-state index is 11.9. The Morgan fingerprint density at radius 2 is 1.83 bits per heavy atom. The van der Waals surface area contributed by atoms with Crippen LogP contribution < -0.4 is 14.9 Å². The van der Waals surface area contributed by atoms with Crippen molar-refractivity contribution < 1.29 is 14.3 Å². The van der Waals surface area contributed by atoms with E-state index >= 15 is 0 Å². The average molecular weight is 312 g/mol. The summed E-state index contributed by atoms with van der Waals surface area (Å²) in [5.41, 5.74) is 3.33. The number of amides is 1. The lowest BCUT2D eigenvalue weighted by atomic mass is 10.2. The minimum Gasteiger partial charge on any atom is -0.494 e. The molecule has 0 saturated heterocycles. The van der Waals surface area contributed by atoms with Crippen molar-refractivity contribution in [2.24, 2.45) is 5.10 Å². The van der Waals surface area contributed by atoms with Gasteiger partial charge in [0.2, 0.25) is 0 Å². The Morgan fingerprint density at radius 3 is 2.48 bits per heavy atom. The first-order valence-corrected chi connectivity index (χ1v) is 7.46. The number of hydrogen-bond acceptors (Lipinski definition) is 4. The molecule has 1 atom stereocenters. The van der Waals surface area contributed by atoms with Gasteiger partial charge in [0, 0.05) is 0 Å². The zero-order chi connectivity index (χ0) is 16.5. The van der Waals surface area contributed by atoms with E-state index in [4.69, 9.17) is 9.47 Å². The Hall–Kier alpha value is -2.82. The van der Waals surface area contributed by atoms with Crippen LogP contribution in [0.4, 0.5) is 0 Å². The van der Waals surface area contributed by atoms with Crippen LogP contribution in [-0.2, 0) is 4.79 Å². The Bertz CT molecular complexity index is 639. The summed E-state index contributed by atoms with van der Waals surface area (Å²) in [5.74, 6) is 1.14. The van der Waals surface area contributed by atoms with Crippen molar-refractivity contribution in [1.82, 2.24) is 5.43 Å². The monoisotopic (exact) mass is 312 g/mol. The maximum Gasteiger partial charge on any atom is 0.280 e. The minimum atomic E-state index is -0.630. The first-order valence-electron chi connectivity index (χ1n) is 7.46. The molecule has 0 fully saturated rings. The smallest absolute Gasteiger partial charge is 0.280 e. The van der Waals surface area contributed by atoms with E-state index in [2.05, 4.69) is 10.5 Å². The second-order valence-corrected chi connectivity index (χ2v) is 4.81. The topological polar surface area (TPSA) is 59.9 Å². The summed E-state index contributed by atoms with van der Waals surface area (Å²) in [6.07, 6.45) is 0.943. The number of nitrogens with zero attached hydrogens (tertiary/aromatic N) is 1. The van der Waals surface area contributed by atoms with Crippen LogP contribution in [0.2, 0.25) is 0 Å². The summed E-state index contributed by atoms with van der Waals surface area (Å²) in [6, 6.07) is 16.6. The Labute approximate surface area is 135 Å². The number of ether oxygens (including phenoxy) is 2. The summed E-state index contributed by atoms with van der Waals surface area (Å²) in [6.45, 7) is 4.24. The van der Waals surface area contributed by atoms with Gasteiger partial charge in [-0.2, -0.15) is 5.10 Å². The fourth-order valence-corrected chi connectivity index (χ4v) is 1.83. The number of rotatable bonds is 7. The van der Waals surface area contributed by atoms with Crippen LogP contribution in [0.1, 0.15) is 19.4 Å². The third kappa shape index (κ3) is 5.47. The Morgan fingerprint density at radius 1 is 1.13 bits per heavy atom. The lowest BCUT2D eigenvalue weighted by Gasteiger charge is -2.12. The first kappa shape index (κ1) is 16.5. The highest BCUT2D eigenvalue weighted by Gasteiger charge is 2.13. The first-order chi connectivity index (χ1) is 11.2. The molecule has 0 heterocycles. The predicted molar refractivity (Wildman–Crippen MR) is 89.9 cm³/mol. The molecule has 0 radical (unpaired) electrons. The number of para-hydroxylation sites is 1. The minimum absolute atomic E-state index is 0.309. The number of hydrogen-bond donors (Lipinski definition) is 1. The van der Waals surface area contributed by atoms with E-state index in [-0.39, 0.29) is 5.91 Å². The van der Waals surface area contributed by atoms with Crippen LogP contribution in [0.25, 0.3) is 0 Å². The van der Waals surface area contributed by atoms with E-state index in [9.17, 15) is 4.79 Å². The molecule has 1 amide bonds. The second-order valence-electron chi connectivity index (χ2n) is 4.81. The summed E-state index contributed by atoms with van der Waals surface area (Å²) in [4.78, 5) is 11.9. The number of hydrazone groups is 1. The number of carbonyl (C=O) groups excluding carboxylic acids is 1. The molecule has 0 aromatic heterocycles. The summed E-state index contributed by atoms with van der Waals surface area (Å²) >= 11 is 0. The van der Waals surface area contributed by atoms with Crippen LogP contribution in [0, 0.1) is 0 Å². The third-order valence-electron chi connectivity index (χ3n) is 3.00. The van der Waals surface area contributed by atoms with Gasteiger partial charge in [0.05, 0.1) is 12.8 Å². The largest absolute Gasteiger partial charge is 0.494 e. The molecule has 5 heteroatoms. The fraction of sp³-hybridized carbons (Fsp3) is 0.222. The molecule has 0 aliphatic carbocycles. The van der Waals surface area contributed by atoms with Gasteiger partial charge < -0.3 is 9.47 Å². The Balaban J connectivity index is 1.83. The van der Waals surface area contributed by atoms with Gasteiger partial charge >= 0.3 is 0 Å². The molecule has 2 rings (SSSR count). The lowest BCUT2D eigenvalue weighted by molar-refractivity contribution is -0.127. The zero-order valence-corrected chi connectivity index (χ0v) is 13.2. The average Bonchev–Trinajstić information content (AvgIpc) is 2.57. The normalized spacial score (nSPS) is 11.9. The molecule has 23 heavy (non-hydrogen) atoms. The summed E-state index contributed by atoms with van der Waals surface area (Å²) in [7, 11) is 0. The maximum absolute atomic E-state index is 11.9. The standard InChI is InChI=1S/C18H20N2O3/c1-3-22-16-11-9-15(10-12-16)13-19-20-18(21)14(2)23-17-7-5-4-6-8-17/h4-14H,3H2,1-2H3,(H,20,21). The van der Waals surface area contributed by atoms with E-state index in [1.165, 1.54) is 0 Å². The summed E-state index contributed by atoms with van der Waals surface area (Å²) in [5, 5.41) is 3.93. The molecule has 2 aromatic carbocycles. The van der Waals surface area contributed by atoms with Gasteiger partial charge in [0.1, 0.15) is 11.5 Å². The molecule has 0 aliphatic rings. The van der Waals surface area contributed by atoms with Crippen molar-refractivity contribution in [3.63, 3.8) is 0 Å². The van der Waals surface area contributed by atoms with E-state index < -0.39 is 6.10 Å². The molecule has 0 aliphatic heterocycles. The molecule has 1 unspecified atom stereocenters. The number of nitrogens with one attached hydrogen (secondary N) is 1. The van der Waals surface area contributed by atoms with Crippen LogP contribution >= 0.6 is 0 Å². The molecule has 120 valence electrons. The van der Waals surface area contributed by atoms with Crippen molar-refractivity contribution in [1.29, 1.82) is 0 Å². The van der Waals surface area contributed by atoms with Gasteiger partial charge in [0.25, 0.3) is 5.91 Å². The third-order valence-corrected chi connectivity index (χ3v) is 3.00. The molecule has 0 bridgehead atoms. The van der Waals surface area contributed by atoms with E-state index in [1.54, 1.807) is 25.3 Å². The predicted octanol–water partition coefficient (Wildman–Crippen LogP) is 3.00. The van der Waals surface area contributed by atoms with E-state index in [0.29, 0.717) is 12.4 Å². The van der Waals surface area contributed by atoms with Crippen LogP contribution in [-0.4, -0.2) is 24.8 Å². The highest BCUT2D eigenvalue weighted by molar-refractivity contribution is 5.84. The molecule has 2 aromatic rings. The van der Waals surface area contributed by atoms with Crippen molar-refractivity contribution in [3.8, 4) is 11.5 Å².